The van der Waals surface area contributed by atoms with Crippen molar-refractivity contribution in [2.45, 2.75) is 80.6 Å². The van der Waals surface area contributed by atoms with Crippen LogP contribution in [0.15, 0.2) is 22.8 Å². The zero-order valence-corrected chi connectivity index (χ0v) is 16.8. The minimum absolute atomic E-state index is 0.193. The summed E-state index contributed by atoms with van der Waals surface area (Å²) in [7, 11) is 3.36. The minimum atomic E-state index is -1.79. The Morgan fingerprint density at radius 1 is 1.10 bits per heavy atom. The number of likely N-dealkylation sites (N-methyl/N-ethyl adjacent to an activating group) is 2. The maximum atomic E-state index is 11.5. The monoisotopic (exact) mass is 413 g/mol. The number of aliphatic hydroxyl groups is 3. The summed E-state index contributed by atoms with van der Waals surface area (Å²) in [5.41, 5.74) is 0. The molecule has 0 radical (unpaired) electrons. The third-order valence-corrected chi connectivity index (χ3v) is 6.25. The van der Waals surface area contributed by atoms with E-state index in [2.05, 4.69) is 16.0 Å². The zero-order chi connectivity index (χ0) is 20.8. The van der Waals surface area contributed by atoms with Crippen LogP contribution in [0.25, 0.3) is 0 Å². The molecule has 3 unspecified atom stereocenters. The van der Waals surface area contributed by atoms with E-state index in [4.69, 9.17) is 18.6 Å². The van der Waals surface area contributed by atoms with Crippen molar-refractivity contribution in [2.24, 2.45) is 0 Å². The van der Waals surface area contributed by atoms with Crippen molar-refractivity contribution in [2.75, 3.05) is 14.1 Å². The maximum absolute atomic E-state index is 11.5. The van der Waals surface area contributed by atoms with Gasteiger partial charge in [0.1, 0.15) is 24.1 Å². The van der Waals surface area contributed by atoms with Gasteiger partial charge in [0.25, 0.3) is 0 Å². The Morgan fingerprint density at radius 3 is 2.52 bits per heavy atom. The van der Waals surface area contributed by atoms with Crippen molar-refractivity contribution < 1.29 is 33.9 Å². The van der Waals surface area contributed by atoms with Crippen LogP contribution in [0, 0.1) is 0 Å². The number of hydrogen-bond acceptors (Lipinski definition) is 10. The van der Waals surface area contributed by atoms with Gasteiger partial charge in [-0.3, -0.25) is 0 Å². The Bertz CT molecular complexity index is 677. The highest BCUT2D eigenvalue weighted by atomic mass is 16.8. The van der Waals surface area contributed by atoms with Crippen molar-refractivity contribution in [3.05, 3.63) is 24.2 Å². The second-order valence-electron chi connectivity index (χ2n) is 8.07. The lowest BCUT2D eigenvalue weighted by atomic mass is 9.79. The summed E-state index contributed by atoms with van der Waals surface area (Å²) in [6.07, 6.45) is -2.74. The predicted octanol–water partition coefficient (Wildman–Crippen LogP) is -1.74. The molecule has 1 aromatic rings. The third kappa shape index (κ3) is 3.62. The predicted molar refractivity (Wildman–Crippen MR) is 101 cm³/mol. The van der Waals surface area contributed by atoms with E-state index in [1.54, 1.807) is 26.4 Å². The summed E-state index contributed by atoms with van der Waals surface area (Å²) in [4.78, 5) is 0. The molecule has 4 rings (SSSR count). The normalized spacial score (nSPS) is 47.4. The van der Waals surface area contributed by atoms with Crippen LogP contribution in [0.1, 0.15) is 19.1 Å². The number of aliphatic hydroxyl groups excluding tert-OH is 2. The molecule has 10 atom stereocenters. The molecule has 164 valence electrons. The van der Waals surface area contributed by atoms with Crippen molar-refractivity contribution in [3.63, 3.8) is 0 Å². The average Bonchev–Trinajstić information content (AvgIpc) is 3.20. The Morgan fingerprint density at radius 2 is 1.86 bits per heavy atom. The first-order valence-corrected chi connectivity index (χ1v) is 10.1. The van der Waals surface area contributed by atoms with Crippen LogP contribution >= 0.6 is 0 Å². The zero-order valence-electron chi connectivity index (χ0n) is 16.8. The van der Waals surface area contributed by atoms with Crippen molar-refractivity contribution in [1.29, 1.82) is 0 Å². The number of hydrogen-bond donors (Lipinski definition) is 6. The van der Waals surface area contributed by atoms with E-state index in [1.165, 1.54) is 0 Å². The number of rotatable bonds is 5. The first kappa shape index (κ1) is 21.2. The van der Waals surface area contributed by atoms with Gasteiger partial charge in [0.2, 0.25) is 12.1 Å². The SMILES string of the molecule is CN[C@@H]1[C@H](O)[C@H](NC)C2O[C@]3(O)C(OC2[C@H]1O)O[C@H](C)C[C@H]3NCc1ccco1. The van der Waals surface area contributed by atoms with Crippen LogP contribution in [0.2, 0.25) is 0 Å². The van der Waals surface area contributed by atoms with E-state index < -0.39 is 54.6 Å². The second kappa shape index (κ2) is 8.22. The standard InChI is InChI=1S/C19H31N3O7/c1-9-7-11(22-8-10-5-4-6-26-10)19(25)18(27-9)28-17-15(24)12(20-2)14(23)13(21-3)16(17)29-19/h4-6,9,11-18,20-25H,7-8H2,1-3H3/t9-,11-,12-,13+,14+,15+,16?,17?,18?,19+/m1/s1. The highest BCUT2D eigenvalue weighted by Crippen LogP contribution is 2.42. The molecule has 3 fully saturated rings. The van der Waals surface area contributed by atoms with Gasteiger partial charge in [-0.1, -0.05) is 0 Å². The Balaban J connectivity index is 1.58. The summed E-state index contributed by atoms with van der Waals surface area (Å²) in [5, 5.41) is 42.2. The van der Waals surface area contributed by atoms with E-state index in [0.29, 0.717) is 13.0 Å². The van der Waals surface area contributed by atoms with Gasteiger partial charge in [-0.15, -0.1) is 0 Å². The molecule has 1 aromatic heterocycles. The number of nitrogens with one attached hydrogen (secondary N) is 3. The molecule has 2 saturated heterocycles. The van der Waals surface area contributed by atoms with Gasteiger partial charge in [-0.2, -0.15) is 0 Å². The second-order valence-corrected chi connectivity index (χ2v) is 8.07. The van der Waals surface area contributed by atoms with Gasteiger partial charge in [-0.25, -0.2) is 0 Å². The fourth-order valence-corrected chi connectivity index (χ4v) is 4.72. The van der Waals surface area contributed by atoms with E-state index in [0.717, 1.165) is 5.76 Å². The number of ether oxygens (including phenoxy) is 3. The summed E-state index contributed by atoms with van der Waals surface area (Å²) in [5.74, 6) is -1.06. The Kier molecular flexibility index (Phi) is 6.00. The van der Waals surface area contributed by atoms with E-state index in [1.807, 2.05) is 13.0 Å². The lowest BCUT2D eigenvalue weighted by Gasteiger charge is -2.58. The van der Waals surface area contributed by atoms with Crippen LogP contribution in [0.4, 0.5) is 0 Å². The lowest BCUT2D eigenvalue weighted by molar-refractivity contribution is -0.449. The topological polar surface area (TPSA) is 138 Å². The largest absolute Gasteiger partial charge is 0.468 e. The smallest absolute Gasteiger partial charge is 0.234 e. The summed E-state index contributed by atoms with van der Waals surface area (Å²) < 4.78 is 23.4. The van der Waals surface area contributed by atoms with Gasteiger partial charge in [0, 0.05) is 0 Å². The van der Waals surface area contributed by atoms with Gasteiger partial charge in [-0.05, 0) is 39.6 Å². The Labute approximate surface area is 169 Å². The van der Waals surface area contributed by atoms with Crippen LogP contribution in [0.3, 0.4) is 0 Å². The number of fused-ring (bicyclic) bond motifs is 2. The first-order valence-electron chi connectivity index (χ1n) is 10.1. The molecular formula is C19H31N3O7. The Hall–Kier alpha value is -1.08. The maximum Gasteiger partial charge on any atom is 0.234 e. The van der Waals surface area contributed by atoms with Gasteiger partial charge < -0.3 is 49.9 Å². The van der Waals surface area contributed by atoms with E-state index in [9.17, 15) is 15.3 Å². The van der Waals surface area contributed by atoms with Gasteiger partial charge in [0.05, 0.1) is 43.1 Å². The van der Waals surface area contributed by atoms with E-state index >= 15 is 0 Å². The fraction of sp³-hybridized carbons (Fsp3) is 0.789. The molecule has 29 heavy (non-hydrogen) atoms. The minimum Gasteiger partial charge on any atom is -0.468 e. The van der Waals surface area contributed by atoms with Crippen molar-refractivity contribution >= 4 is 0 Å². The highest BCUT2D eigenvalue weighted by molar-refractivity contribution is 5.10. The van der Waals surface area contributed by atoms with Crippen LogP contribution in [-0.2, 0) is 20.8 Å². The summed E-state index contributed by atoms with van der Waals surface area (Å²) in [6, 6.07) is 1.96. The molecule has 0 aromatic carbocycles. The molecule has 6 N–H and O–H groups in total. The molecule has 1 saturated carbocycles. The van der Waals surface area contributed by atoms with Crippen LogP contribution in [-0.4, -0.2) is 90.1 Å². The molecule has 0 amide bonds. The molecule has 10 nitrogen and oxygen atoms in total. The molecule has 3 heterocycles. The molecule has 0 spiro atoms. The molecule has 2 aliphatic heterocycles. The summed E-state index contributed by atoms with van der Waals surface area (Å²) in [6.45, 7) is 2.30. The molecule has 3 aliphatic rings. The van der Waals surface area contributed by atoms with Crippen molar-refractivity contribution in [1.82, 2.24) is 16.0 Å². The average molecular weight is 413 g/mol. The molecule has 1 aliphatic carbocycles. The first-order chi connectivity index (χ1) is 13.9. The quantitative estimate of drug-likeness (QED) is 0.330. The van der Waals surface area contributed by atoms with Gasteiger partial charge >= 0.3 is 0 Å². The van der Waals surface area contributed by atoms with Crippen LogP contribution < -0.4 is 16.0 Å². The highest BCUT2D eigenvalue weighted by Gasteiger charge is 2.63. The summed E-state index contributed by atoms with van der Waals surface area (Å²) >= 11 is 0. The third-order valence-electron chi connectivity index (χ3n) is 6.25. The number of furan rings is 1. The molecule has 10 heteroatoms. The lowest BCUT2D eigenvalue weighted by Crippen LogP contribution is -2.79. The van der Waals surface area contributed by atoms with Crippen molar-refractivity contribution in [3.8, 4) is 0 Å². The van der Waals surface area contributed by atoms with E-state index in [-0.39, 0.29) is 6.10 Å². The van der Waals surface area contributed by atoms with Gasteiger partial charge in [0.15, 0.2) is 0 Å². The molecular weight excluding hydrogens is 382 g/mol. The fourth-order valence-electron chi connectivity index (χ4n) is 4.72. The van der Waals surface area contributed by atoms with Crippen LogP contribution in [0.5, 0.6) is 0 Å². The molecule has 0 bridgehead atoms.